The smallest absolute Gasteiger partial charge is 0.162 e. The third-order valence-electron chi connectivity index (χ3n) is 5.24. The Morgan fingerprint density at radius 3 is 2.30 bits per heavy atom. The van der Waals surface area contributed by atoms with Crippen molar-refractivity contribution in [2.45, 2.75) is 0 Å². The van der Waals surface area contributed by atoms with E-state index in [0.717, 1.165) is 44.1 Å². The van der Waals surface area contributed by atoms with Crippen LogP contribution in [0.4, 0.5) is 0 Å². The lowest BCUT2D eigenvalue weighted by Gasteiger charge is -2.09. The van der Waals surface area contributed by atoms with Gasteiger partial charge in [0.2, 0.25) is 0 Å². The Labute approximate surface area is 155 Å². The second-order valence-corrected chi connectivity index (χ2v) is 6.84. The first-order valence-corrected chi connectivity index (χ1v) is 9.08. The van der Waals surface area contributed by atoms with Crippen LogP contribution in [0.25, 0.3) is 54.9 Å². The molecular formula is C25H15NO. The van der Waals surface area contributed by atoms with E-state index in [2.05, 4.69) is 66.7 Å². The number of hydrogen-bond acceptors (Lipinski definition) is 2. The molecule has 4 aromatic carbocycles. The summed E-state index contributed by atoms with van der Waals surface area (Å²) < 4.78 is 6.30. The van der Waals surface area contributed by atoms with Crippen molar-refractivity contribution < 1.29 is 4.42 Å². The van der Waals surface area contributed by atoms with Crippen LogP contribution in [-0.4, -0.2) is 4.98 Å². The maximum atomic E-state index is 6.30. The minimum absolute atomic E-state index is 0.852. The molecule has 2 nitrogen and oxygen atoms in total. The van der Waals surface area contributed by atoms with Crippen LogP contribution in [0.3, 0.4) is 0 Å². The SMILES string of the molecule is c1ccc2cc(-c3c4ccccc4nc4c3oc3ccccc34)ccc2c1. The zero-order chi connectivity index (χ0) is 17.8. The highest BCUT2D eigenvalue weighted by atomic mass is 16.3. The predicted molar refractivity (Wildman–Crippen MR) is 112 cm³/mol. The Morgan fingerprint density at radius 2 is 1.37 bits per heavy atom. The number of para-hydroxylation sites is 2. The molecule has 0 radical (unpaired) electrons. The van der Waals surface area contributed by atoms with E-state index >= 15 is 0 Å². The number of nitrogens with zero attached hydrogens (tertiary/aromatic N) is 1. The zero-order valence-electron chi connectivity index (χ0n) is 14.5. The molecule has 0 atom stereocenters. The first-order chi connectivity index (χ1) is 13.4. The average molecular weight is 345 g/mol. The number of aromatic nitrogens is 1. The summed E-state index contributed by atoms with van der Waals surface area (Å²) in [6, 6.07) is 31.4. The second-order valence-electron chi connectivity index (χ2n) is 6.84. The van der Waals surface area contributed by atoms with Crippen molar-refractivity contribution in [3.8, 4) is 11.1 Å². The zero-order valence-corrected chi connectivity index (χ0v) is 14.5. The van der Waals surface area contributed by atoms with E-state index in [1.54, 1.807) is 0 Å². The Bertz CT molecular complexity index is 1480. The highest BCUT2D eigenvalue weighted by Gasteiger charge is 2.17. The predicted octanol–water partition coefficient (Wildman–Crippen LogP) is 6.95. The molecular weight excluding hydrogens is 330 g/mol. The lowest BCUT2D eigenvalue weighted by molar-refractivity contribution is 0.670. The maximum absolute atomic E-state index is 6.30. The molecule has 2 heterocycles. The monoisotopic (exact) mass is 345 g/mol. The van der Waals surface area contributed by atoms with Crippen molar-refractivity contribution in [2.24, 2.45) is 0 Å². The van der Waals surface area contributed by atoms with Gasteiger partial charge < -0.3 is 4.42 Å². The largest absolute Gasteiger partial charge is 0.454 e. The van der Waals surface area contributed by atoms with E-state index in [9.17, 15) is 0 Å². The number of pyridine rings is 1. The molecule has 0 amide bonds. The number of hydrogen-bond donors (Lipinski definition) is 0. The van der Waals surface area contributed by atoms with Crippen molar-refractivity contribution in [3.63, 3.8) is 0 Å². The first kappa shape index (κ1) is 14.5. The fourth-order valence-corrected chi connectivity index (χ4v) is 3.97. The fourth-order valence-electron chi connectivity index (χ4n) is 3.97. The molecule has 0 N–H and O–H groups in total. The average Bonchev–Trinajstić information content (AvgIpc) is 3.10. The molecule has 0 unspecified atom stereocenters. The lowest BCUT2D eigenvalue weighted by atomic mass is 9.97. The summed E-state index contributed by atoms with van der Waals surface area (Å²) >= 11 is 0. The van der Waals surface area contributed by atoms with Gasteiger partial charge in [0.1, 0.15) is 11.1 Å². The van der Waals surface area contributed by atoms with Crippen LogP contribution in [-0.2, 0) is 0 Å². The van der Waals surface area contributed by atoms with Gasteiger partial charge in [0.05, 0.1) is 5.52 Å². The van der Waals surface area contributed by atoms with Crippen LogP contribution in [0.1, 0.15) is 0 Å². The van der Waals surface area contributed by atoms with Gasteiger partial charge in [-0.15, -0.1) is 0 Å². The quantitative estimate of drug-likeness (QED) is 0.322. The molecule has 0 aliphatic rings. The fraction of sp³-hybridized carbons (Fsp3) is 0. The highest BCUT2D eigenvalue weighted by Crippen LogP contribution is 2.39. The molecule has 0 aliphatic heterocycles. The van der Waals surface area contributed by atoms with Crippen LogP contribution in [0.2, 0.25) is 0 Å². The number of furan rings is 1. The molecule has 6 rings (SSSR count). The van der Waals surface area contributed by atoms with Gasteiger partial charge in [-0.3, -0.25) is 0 Å². The van der Waals surface area contributed by atoms with Crippen LogP contribution in [0.15, 0.2) is 95.4 Å². The maximum Gasteiger partial charge on any atom is 0.162 e. The Morgan fingerprint density at radius 1 is 0.630 bits per heavy atom. The molecule has 0 spiro atoms. The van der Waals surface area contributed by atoms with Crippen molar-refractivity contribution in [3.05, 3.63) is 91.0 Å². The second kappa shape index (κ2) is 5.42. The summed E-state index contributed by atoms with van der Waals surface area (Å²) in [5.74, 6) is 0. The Balaban J connectivity index is 1.81. The lowest BCUT2D eigenvalue weighted by Crippen LogP contribution is -1.87. The van der Waals surface area contributed by atoms with Gasteiger partial charge in [0, 0.05) is 16.3 Å². The molecule has 0 saturated carbocycles. The van der Waals surface area contributed by atoms with Gasteiger partial charge in [-0.1, -0.05) is 66.7 Å². The van der Waals surface area contributed by atoms with E-state index in [1.165, 1.54) is 10.8 Å². The Kier molecular flexibility index (Phi) is 2.91. The summed E-state index contributed by atoms with van der Waals surface area (Å²) in [6.45, 7) is 0. The molecule has 126 valence electrons. The molecule has 27 heavy (non-hydrogen) atoms. The van der Waals surface area contributed by atoms with Gasteiger partial charge >= 0.3 is 0 Å². The molecule has 2 heteroatoms. The van der Waals surface area contributed by atoms with Crippen LogP contribution in [0, 0.1) is 0 Å². The molecule has 0 fully saturated rings. The van der Waals surface area contributed by atoms with Gasteiger partial charge in [0.25, 0.3) is 0 Å². The van der Waals surface area contributed by atoms with Crippen LogP contribution >= 0.6 is 0 Å². The summed E-state index contributed by atoms with van der Waals surface area (Å²) in [5.41, 5.74) is 5.89. The number of benzene rings is 4. The van der Waals surface area contributed by atoms with Crippen molar-refractivity contribution in [1.29, 1.82) is 0 Å². The minimum Gasteiger partial charge on any atom is -0.454 e. The van der Waals surface area contributed by atoms with Crippen molar-refractivity contribution >= 4 is 43.7 Å². The van der Waals surface area contributed by atoms with Gasteiger partial charge in [-0.2, -0.15) is 0 Å². The Hall–Kier alpha value is -3.65. The topological polar surface area (TPSA) is 26.0 Å². The third kappa shape index (κ3) is 2.10. The van der Waals surface area contributed by atoms with E-state index in [4.69, 9.17) is 9.40 Å². The summed E-state index contributed by atoms with van der Waals surface area (Å²) in [5, 5.41) is 4.63. The van der Waals surface area contributed by atoms with E-state index < -0.39 is 0 Å². The molecule has 6 aromatic rings. The molecule has 2 aromatic heterocycles. The number of fused-ring (bicyclic) bond motifs is 5. The van der Waals surface area contributed by atoms with Crippen molar-refractivity contribution in [1.82, 2.24) is 4.98 Å². The highest BCUT2D eigenvalue weighted by molar-refractivity contribution is 6.15. The summed E-state index contributed by atoms with van der Waals surface area (Å²) in [6.07, 6.45) is 0. The van der Waals surface area contributed by atoms with Gasteiger partial charge in [-0.25, -0.2) is 4.98 Å². The van der Waals surface area contributed by atoms with Crippen LogP contribution in [0.5, 0.6) is 0 Å². The normalized spacial score (nSPS) is 11.7. The van der Waals surface area contributed by atoms with Gasteiger partial charge in [-0.05, 0) is 40.6 Å². The summed E-state index contributed by atoms with van der Waals surface area (Å²) in [7, 11) is 0. The third-order valence-corrected chi connectivity index (χ3v) is 5.24. The number of rotatable bonds is 1. The molecule has 0 bridgehead atoms. The standard InChI is InChI=1S/C25H15NO/c1-2-8-17-15-18(14-13-16(17)7-1)23-19-9-3-5-11-21(19)26-24-20-10-4-6-12-22(20)27-25(23)24/h1-15H. The minimum atomic E-state index is 0.852. The van der Waals surface area contributed by atoms with E-state index in [1.807, 2.05) is 24.3 Å². The van der Waals surface area contributed by atoms with E-state index in [0.29, 0.717) is 0 Å². The first-order valence-electron chi connectivity index (χ1n) is 9.08. The van der Waals surface area contributed by atoms with E-state index in [-0.39, 0.29) is 0 Å². The van der Waals surface area contributed by atoms with Gasteiger partial charge in [0.15, 0.2) is 5.58 Å². The molecule has 0 aliphatic carbocycles. The summed E-state index contributed by atoms with van der Waals surface area (Å²) in [4.78, 5) is 4.92. The van der Waals surface area contributed by atoms with Crippen molar-refractivity contribution in [2.75, 3.05) is 0 Å². The van der Waals surface area contributed by atoms with Crippen LogP contribution < -0.4 is 0 Å². The molecule has 0 saturated heterocycles.